The maximum atomic E-state index is 13.0. The molecule has 1 aliphatic rings. The average Bonchev–Trinajstić information content (AvgIpc) is 2.68. The third-order valence-electron chi connectivity index (χ3n) is 4.37. The molecule has 4 rings (SSSR count). The molecule has 1 aromatic carbocycles. The number of nitrogens with two attached hydrogens (primary N) is 1. The molecule has 0 unspecified atom stereocenters. The van der Waals surface area contributed by atoms with E-state index in [2.05, 4.69) is 4.98 Å². The first-order valence-electron chi connectivity index (χ1n) is 8.42. The molecule has 7 heteroatoms. The van der Waals surface area contributed by atoms with Gasteiger partial charge in [-0.1, -0.05) is 29.5 Å². The molecular formula is C20H16N2O4S. The Morgan fingerprint density at radius 2 is 2.11 bits per heavy atom. The van der Waals surface area contributed by atoms with E-state index < -0.39 is 11.9 Å². The largest absolute Gasteiger partial charge is 0.462 e. The zero-order valence-corrected chi connectivity index (χ0v) is 15.3. The number of hydrogen-bond acceptors (Lipinski definition) is 7. The van der Waals surface area contributed by atoms with Crippen LogP contribution >= 0.6 is 11.3 Å². The Morgan fingerprint density at radius 1 is 1.30 bits per heavy atom. The molecule has 0 spiro atoms. The third-order valence-corrected chi connectivity index (χ3v) is 5.35. The van der Waals surface area contributed by atoms with Crippen molar-refractivity contribution in [3.05, 3.63) is 80.9 Å². The van der Waals surface area contributed by atoms with Crippen LogP contribution in [0.25, 0.3) is 10.1 Å². The van der Waals surface area contributed by atoms with Crippen LogP contribution in [0.15, 0.2) is 65.0 Å². The molecule has 0 bridgehead atoms. The van der Waals surface area contributed by atoms with E-state index in [1.807, 2.05) is 24.3 Å². The van der Waals surface area contributed by atoms with E-state index in [1.165, 1.54) is 0 Å². The van der Waals surface area contributed by atoms with Gasteiger partial charge in [-0.25, -0.2) is 4.79 Å². The lowest BCUT2D eigenvalue weighted by Crippen LogP contribution is -2.30. The molecule has 0 aliphatic carbocycles. The van der Waals surface area contributed by atoms with Gasteiger partial charge in [0, 0.05) is 22.5 Å². The maximum absolute atomic E-state index is 13.0. The van der Waals surface area contributed by atoms with E-state index >= 15 is 0 Å². The SMILES string of the molecule is CCOC(=O)C1=C(N)Oc2c(c(=O)sc3ccccc23)[C@@H]1c1cccnc1. The lowest BCUT2D eigenvalue weighted by atomic mass is 9.84. The summed E-state index contributed by atoms with van der Waals surface area (Å²) in [6, 6.07) is 11.0. The average molecular weight is 380 g/mol. The number of hydrogen-bond donors (Lipinski definition) is 1. The van der Waals surface area contributed by atoms with Gasteiger partial charge in [-0.15, -0.1) is 0 Å². The maximum Gasteiger partial charge on any atom is 0.340 e. The molecule has 1 atom stereocenters. The molecule has 3 aromatic rings. The van der Waals surface area contributed by atoms with Crippen molar-refractivity contribution in [2.75, 3.05) is 6.61 Å². The second kappa shape index (κ2) is 6.85. The van der Waals surface area contributed by atoms with Gasteiger partial charge in [0.05, 0.1) is 18.1 Å². The molecule has 0 saturated heterocycles. The number of aromatic nitrogens is 1. The van der Waals surface area contributed by atoms with Crippen LogP contribution in [-0.4, -0.2) is 17.6 Å². The van der Waals surface area contributed by atoms with Crippen LogP contribution in [0.5, 0.6) is 5.75 Å². The number of carbonyl (C=O) groups excluding carboxylic acids is 1. The summed E-state index contributed by atoms with van der Waals surface area (Å²) in [7, 11) is 0. The first kappa shape index (κ1) is 17.2. The first-order valence-corrected chi connectivity index (χ1v) is 9.23. The molecule has 2 aromatic heterocycles. The number of benzene rings is 1. The van der Waals surface area contributed by atoms with Crippen LogP contribution in [0.2, 0.25) is 0 Å². The Kier molecular flexibility index (Phi) is 4.37. The summed E-state index contributed by atoms with van der Waals surface area (Å²) < 4.78 is 11.6. The highest BCUT2D eigenvalue weighted by Gasteiger charge is 2.38. The second-order valence-corrected chi connectivity index (χ2v) is 6.96. The Bertz CT molecular complexity index is 1120. The minimum Gasteiger partial charge on any atom is -0.462 e. The predicted molar refractivity (Wildman–Crippen MR) is 103 cm³/mol. The van der Waals surface area contributed by atoms with Gasteiger partial charge in [0.2, 0.25) is 10.6 Å². The van der Waals surface area contributed by atoms with E-state index in [0.717, 1.165) is 21.4 Å². The molecule has 6 nitrogen and oxygen atoms in total. The fraction of sp³-hybridized carbons (Fsp3) is 0.150. The minimum absolute atomic E-state index is 0.0597. The van der Waals surface area contributed by atoms with Crippen molar-refractivity contribution in [3.8, 4) is 5.75 Å². The topological polar surface area (TPSA) is 91.5 Å². The fourth-order valence-electron chi connectivity index (χ4n) is 3.25. The van der Waals surface area contributed by atoms with Gasteiger partial charge in [0.15, 0.2) is 0 Å². The second-order valence-electron chi connectivity index (χ2n) is 5.95. The molecule has 27 heavy (non-hydrogen) atoms. The van der Waals surface area contributed by atoms with Crippen LogP contribution in [-0.2, 0) is 9.53 Å². The summed E-state index contributed by atoms with van der Waals surface area (Å²) in [4.78, 5) is 29.7. The summed E-state index contributed by atoms with van der Waals surface area (Å²) >= 11 is 1.11. The molecule has 0 saturated carbocycles. The molecule has 0 fully saturated rings. The Balaban J connectivity index is 2.04. The van der Waals surface area contributed by atoms with Gasteiger partial charge in [-0.2, -0.15) is 0 Å². The van der Waals surface area contributed by atoms with Gasteiger partial charge < -0.3 is 15.2 Å². The van der Waals surface area contributed by atoms with Crippen molar-refractivity contribution >= 4 is 27.4 Å². The first-order chi connectivity index (χ1) is 13.1. The van der Waals surface area contributed by atoms with E-state index in [9.17, 15) is 9.59 Å². The number of esters is 1. The highest BCUT2D eigenvalue weighted by Crippen LogP contribution is 2.44. The van der Waals surface area contributed by atoms with Gasteiger partial charge in [-0.3, -0.25) is 9.78 Å². The number of pyridine rings is 1. The van der Waals surface area contributed by atoms with Gasteiger partial charge in [0.1, 0.15) is 11.3 Å². The normalized spacial score (nSPS) is 16.0. The number of nitrogens with zero attached hydrogens (tertiary/aromatic N) is 1. The molecule has 136 valence electrons. The van der Waals surface area contributed by atoms with Crippen molar-refractivity contribution in [3.63, 3.8) is 0 Å². The van der Waals surface area contributed by atoms with Crippen molar-refractivity contribution in [1.82, 2.24) is 4.98 Å². The third kappa shape index (κ3) is 2.86. The number of rotatable bonds is 3. The van der Waals surface area contributed by atoms with Crippen LogP contribution in [0.4, 0.5) is 0 Å². The lowest BCUT2D eigenvalue weighted by molar-refractivity contribution is -0.139. The summed E-state index contributed by atoms with van der Waals surface area (Å²) in [5, 5.41) is 0.775. The van der Waals surface area contributed by atoms with Crippen molar-refractivity contribution in [2.45, 2.75) is 12.8 Å². The lowest BCUT2D eigenvalue weighted by Gasteiger charge is -2.28. The van der Waals surface area contributed by atoms with Gasteiger partial charge in [-0.05, 0) is 30.7 Å². The zero-order chi connectivity index (χ0) is 19.0. The van der Waals surface area contributed by atoms with Crippen LogP contribution < -0.4 is 15.2 Å². The molecule has 0 radical (unpaired) electrons. The van der Waals surface area contributed by atoms with Gasteiger partial charge >= 0.3 is 5.97 Å². The summed E-state index contributed by atoms with van der Waals surface area (Å²) in [5.74, 6) is -0.980. The minimum atomic E-state index is -0.699. The summed E-state index contributed by atoms with van der Waals surface area (Å²) in [6.07, 6.45) is 3.24. The Hall–Kier alpha value is -3.19. The molecular weight excluding hydrogens is 364 g/mol. The number of fused-ring (bicyclic) bond motifs is 3. The molecule has 0 amide bonds. The quantitative estimate of drug-likeness (QED) is 0.703. The number of ether oxygens (including phenoxy) is 2. The monoisotopic (exact) mass is 380 g/mol. The van der Waals surface area contributed by atoms with E-state index in [4.69, 9.17) is 15.2 Å². The van der Waals surface area contributed by atoms with Crippen LogP contribution in [0.3, 0.4) is 0 Å². The van der Waals surface area contributed by atoms with E-state index in [0.29, 0.717) is 16.9 Å². The highest BCUT2D eigenvalue weighted by molar-refractivity contribution is 7.16. The van der Waals surface area contributed by atoms with E-state index in [1.54, 1.807) is 31.5 Å². The smallest absolute Gasteiger partial charge is 0.340 e. The fourth-order valence-corrected chi connectivity index (χ4v) is 4.19. The molecule has 1 aliphatic heterocycles. The van der Waals surface area contributed by atoms with Crippen LogP contribution in [0, 0.1) is 0 Å². The Morgan fingerprint density at radius 3 is 2.85 bits per heavy atom. The zero-order valence-electron chi connectivity index (χ0n) is 14.5. The molecule has 2 N–H and O–H groups in total. The van der Waals surface area contributed by atoms with Crippen LogP contribution in [0.1, 0.15) is 24.0 Å². The summed E-state index contributed by atoms with van der Waals surface area (Å²) in [5.41, 5.74) is 7.31. The van der Waals surface area contributed by atoms with E-state index in [-0.39, 0.29) is 22.8 Å². The number of carbonyl (C=O) groups is 1. The summed E-state index contributed by atoms with van der Waals surface area (Å²) in [6.45, 7) is 1.90. The highest BCUT2D eigenvalue weighted by atomic mass is 32.1. The van der Waals surface area contributed by atoms with Gasteiger partial charge in [0.25, 0.3) is 0 Å². The Labute approximate surface area is 158 Å². The van der Waals surface area contributed by atoms with Crippen molar-refractivity contribution in [2.24, 2.45) is 5.73 Å². The van der Waals surface area contributed by atoms with Crippen molar-refractivity contribution < 1.29 is 14.3 Å². The predicted octanol–water partition coefficient (Wildman–Crippen LogP) is 2.91. The standard InChI is InChI=1S/C20H16N2O4S/c1-2-25-19(23)16-14(11-6-5-9-22-10-11)15-17(26-18(16)21)12-7-3-4-8-13(12)27-20(15)24/h3-10,14H,2,21H2,1H3/t14-/m0/s1. The van der Waals surface area contributed by atoms with Crippen molar-refractivity contribution in [1.29, 1.82) is 0 Å². The molecule has 3 heterocycles.